The fraction of sp³-hybridized carbons (Fsp3) is 0.500. The van der Waals surface area contributed by atoms with Crippen LogP contribution < -0.4 is 0 Å². The van der Waals surface area contributed by atoms with Crippen LogP contribution in [0.4, 0.5) is 0 Å². The molecule has 1 aromatic carbocycles. The van der Waals surface area contributed by atoms with Gasteiger partial charge in [0.1, 0.15) is 0 Å². The zero-order valence-electron chi connectivity index (χ0n) is 11.2. The Labute approximate surface area is 107 Å². The molecule has 1 unspecified atom stereocenters. The largest absolute Gasteiger partial charge is 0.387 e. The van der Waals surface area contributed by atoms with Gasteiger partial charge in [-0.05, 0) is 19.9 Å². The first-order valence-electron chi connectivity index (χ1n) is 6.24. The zero-order valence-corrected chi connectivity index (χ0v) is 11.2. The van der Waals surface area contributed by atoms with Crippen LogP contribution >= 0.6 is 0 Å². The van der Waals surface area contributed by atoms with E-state index in [1.807, 2.05) is 42.9 Å². The van der Waals surface area contributed by atoms with Crippen molar-refractivity contribution in [2.75, 3.05) is 13.2 Å². The lowest BCUT2D eigenvalue weighted by Crippen LogP contribution is -2.33. The maximum Gasteiger partial charge on any atom is 0.0908 e. The molecule has 0 aliphatic carbocycles. The lowest BCUT2D eigenvalue weighted by atomic mass is 9.99. The van der Waals surface area contributed by atoms with Crippen LogP contribution in [0.3, 0.4) is 0 Å². The van der Waals surface area contributed by atoms with Crippen molar-refractivity contribution in [3.8, 4) is 0 Å². The third-order valence-corrected chi connectivity index (χ3v) is 3.00. The molecule has 0 saturated heterocycles. The Morgan fingerprint density at radius 1 is 1.39 bits per heavy atom. The van der Waals surface area contributed by atoms with Gasteiger partial charge in [-0.2, -0.15) is 5.10 Å². The topological polar surface area (TPSA) is 47.3 Å². The van der Waals surface area contributed by atoms with Crippen molar-refractivity contribution in [3.63, 3.8) is 0 Å². The molecule has 0 amide bonds. The van der Waals surface area contributed by atoms with Crippen molar-refractivity contribution in [1.82, 2.24) is 9.78 Å². The summed E-state index contributed by atoms with van der Waals surface area (Å²) >= 11 is 0. The van der Waals surface area contributed by atoms with E-state index in [-0.39, 0.29) is 0 Å². The molecule has 0 saturated carbocycles. The second-order valence-electron chi connectivity index (χ2n) is 4.90. The van der Waals surface area contributed by atoms with Gasteiger partial charge in [-0.3, -0.25) is 4.68 Å². The van der Waals surface area contributed by atoms with Gasteiger partial charge in [0.15, 0.2) is 0 Å². The predicted octanol–water partition coefficient (Wildman–Crippen LogP) is 1.90. The fourth-order valence-corrected chi connectivity index (χ4v) is 2.15. The first-order valence-corrected chi connectivity index (χ1v) is 6.24. The minimum absolute atomic E-state index is 0.328. The van der Waals surface area contributed by atoms with Crippen molar-refractivity contribution in [2.45, 2.75) is 25.9 Å². The van der Waals surface area contributed by atoms with Crippen molar-refractivity contribution < 1.29 is 9.84 Å². The highest BCUT2D eigenvalue weighted by molar-refractivity contribution is 5.81. The molecular weight excluding hydrogens is 228 g/mol. The Hall–Kier alpha value is -1.39. The van der Waals surface area contributed by atoms with Crippen LogP contribution in [-0.4, -0.2) is 33.7 Å². The minimum atomic E-state index is -0.882. The smallest absolute Gasteiger partial charge is 0.0908 e. The Morgan fingerprint density at radius 2 is 2.11 bits per heavy atom. The number of aromatic nitrogens is 2. The van der Waals surface area contributed by atoms with Gasteiger partial charge >= 0.3 is 0 Å². The van der Waals surface area contributed by atoms with Crippen LogP contribution in [0.25, 0.3) is 10.9 Å². The second-order valence-corrected chi connectivity index (χ2v) is 4.90. The highest BCUT2D eigenvalue weighted by atomic mass is 16.5. The number of rotatable bonds is 5. The maximum absolute atomic E-state index is 10.3. The molecule has 0 bridgehead atoms. The number of aryl methyl sites for hydroxylation is 1. The summed E-state index contributed by atoms with van der Waals surface area (Å²) in [4.78, 5) is 0. The molecule has 2 rings (SSSR count). The van der Waals surface area contributed by atoms with E-state index < -0.39 is 5.60 Å². The molecule has 0 aliphatic rings. The molecule has 2 aromatic rings. The van der Waals surface area contributed by atoms with Gasteiger partial charge in [0, 0.05) is 25.5 Å². The summed E-state index contributed by atoms with van der Waals surface area (Å²) < 4.78 is 7.15. The zero-order chi connectivity index (χ0) is 13.2. The van der Waals surface area contributed by atoms with Crippen molar-refractivity contribution in [2.24, 2.45) is 7.05 Å². The van der Waals surface area contributed by atoms with E-state index in [1.165, 1.54) is 0 Å². The third kappa shape index (κ3) is 2.71. The molecule has 4 nitrogen and oxygen atoms in total. The van der Waals surface area contributed by atoms with E-state index in [0.29, 0.717) is 19.6 Å². The molecule has 0 spiro atoms. The van der Waals surface area contributed by atoms with E-state index in [4.69, 9.17) is 4.74 Å². The predicted molar refractivity (Wildman–Crippen MR) is 71.5 cm³/mol. The van der Waals surface area contributed by atoms with Crippen molar-refractivity contribution in [3.05, 3.63) is 30.0 Å². The molecule has 98 valence electrons. The van der Waals surface area contributed by atoms with Crippen LogP contribution in [0.5, 0.6) is 0 Å². The summed E-state index contributed by atoms with van der Waals surface area (Å²) in [6, 6.07) is 8.05. The SMILES string of the molecule is CCOCC(C)(O)Cc1nn(C)c2ccccc12. The number of benzene rings is 1. The first-order chi connectivity index (χ1) is 8.53. The van der Waals surface area contributed by atoms with E-state index in [0.717, 1.165) is 16.6 Å². The lowest BCUT2D eigenvalue weighted by Gasteiger charge is -2.21. The maximum atomic E-state index is 10.3. The molecule has 0 aliphatic heterocycles. The van der Waals surface area contributed by atoms with Gasteiger partial charge in [0.25, 0.3) is 0 Å². The summed E-state index contributed by atoms with van der Waals surface area (Å²) in [6.45, 7) is 4.64. The van der Waals surface area contributed by atoms with Crippen LogP contribution in [-0.2, 0) is 18.2 Å². The summed E-state index contributed by atoms with van der Waals surface area (Å²) in [5, 5.41) is 15.9. The molecule has 4 heteroatoms. The van der Waals surface area contributed by atoms with Gasteiger partial charge in [-0.25, -0.2) is 0 Å². The van der Waals surface area contributed by atoms with Crippen LogP contribution in [0, 0.1) is 0 Å². The van der Waals surface area contributed by atoms with E-state index in [2.05, 4.69) is 5.10 Å². The number of aliphatic hydroxyl groups is 1. The average molecular weight is 248 g/mol. The van der Waals surface area contributed by atoms with Gasteiger partial charge in [0.2, 0.25) is 0 Å². The van der Waals surface area contributed by atoms with Gasteiger partial charge in [-0.15, -0.1) is 0 Å². The Balaban J connectivity index is 2.26. The summed E-state index contributed by atoms with van der Waals surface area (Å²) in [6.07, 6.45) is 0.494. The number of hydrogen-bond acceptors (Lipinski definition) is 3. The summed E-state index contributed by atoms with van der Waals surface area (Å²) in [5.41, 5.74) is 1.12. The standard InChI is InChI=1S/C14H20N2O2/c1-4-18-10-14(2,17)9-12-11-7-5-6-8-13(11)16(3)15-12/h5-8,17H,4,9-10H2,1-3H3. The molecule has 1 N–H and O–H groups in total. The molecule has 1 heterocycles. The Kier molecular flexibility index (Phi) is 3.68. The fourth-order valence-electron chi connectivity index (χ4n) is 2.15. The normalized spacial score (nSPS) is 14.9. The highest BCUT2D eigenvalue weighted by Crippen LogP contribution is 2.22. The molecule has 0 fully saturated rings. The third-order valence-electron chi connectivity index (χ3n) is 3.00. The van der Waals surface area contributed by atoms with Gasteiger partial charge in [0.05, 0.1) is 23.4 Å². The average Bonchev–Trinajstić information content (AvgIpc) is 2.64. The molecule has 18 heavy (non-hydrogen) atoms. The molecule has 1 aromatic heterocycles. The number of fused-ring (bicyclic) bond motifs is 1. The van der Waals surface area contributed by atoms with Crippen molar-refractivity contribution in [1.29, 1.82) is 0 Å². The molecule has 1 atom stereocenters. The van der Waals surface area contributed by atoms with Crippen molar-refractivity contribution >= 4 is 10.9 Å². The molecular formula is C14H20N2O2. The number of ether oxygens (including phenoxy) is 1. The molecule has 0 radical (unpaired) electrons. The summed E-state index contributed by atoms with van der Waals surface area (Å²) in [5.74, 6) is 0. The number of para-hydroxylation sites is 1. The van der Waals surface area contributed by atoms with Crippen LogP contribution in [0.1, 0.15) is 19.5 Å². The highest BCUT2D eigenvalue weighted by Gasteiger charge is 2.24. The minimum Gasteiger partial charge on any atom is -0.387 e. The van der Waals surface area contributed by atoms with E-state index in [1.54, 1.807) is 6.92 Å². The quantitative estimate of drug-likeness (QED) is 0.879. The van der Waals surface area contributed by atoms with Crippen LogP contribution in [0.2, 0.25) is 0 Å². The summed E-state index contributed by atoms with van der Waals surface area (Å²) in [7, 11) is 1.92. The lowest BCUT2D eigenvalue weighted by molar-refractivity contribution is -0.0301. The monoisotopic (exact) mass is 248 g/mol. The number of hydrogen-bond donors (Lipinski definition) is 1. The van der Waals surface area contributed by atoms with Gasteiger partial charge in [-0.1, -0.05) is 18.2 Å². The van der Waals surface area contributed by atoms with Crippen LogP contribution in [0.15, 0.2) is 24.3 Å². The second kappa shape index (κ2) is 5.08. The van der Waals surface area contributed by atoms with Gasteiger partial charge < -0.3 is 9.84 Å². The Morgan fingerprint density at radius 3 is 2.83 bits per heavy atom. The number of nitrogens with zero attached hydrogens (tertiary/aromatic N) is 2. The Bertz CT molecular complexity index is 532. The van der Waals surface area contributed by atoms with E-state index in [9.17, 15) is 5.11 Å². The van der Waals surface area contributed by atoms with E-state index >= 15 is 0 Å². The first kappa shape index (κ1) is 13.1.